The van der Waals surface area contributed by atoms with Crippen LogP contribution in [0.5, 0.6) is 0 Å². The first kappa shape index (κ1) is 22.1. The highest BCUT2D eigenvalue weighted by atomic mass is 16.5. The number of carbonyl (C=O) groups is 1. The lowest BCUT2D eigenvalue weighted by atomic mass is 9.79. The van der Waals surface area contributed by atoms with Crippen LogP contribution in [0.2, 0.25) is 0 Å². The van der Waals surface area contributed by atoms with Gasteiger partial charge in [0.1, 0.15) is 0 Å². The summed E-state index contributed by atoms with van der Waals surface area (Å²) in [7, 11) is 2.02. The van der Waals surface area contributed by atoms with Crippen LogP contribution in [-0.2, 0) is 9.53 Å². The second-order valence-corrected chi connectivity index (χ2v) is 8.95. The fourth-order valence-electron chi connectivity index (χ4n) is 4.13. The maximum absolute atomic E-state index is 12.9. The van der Waals surface area contributed by atoms with E-state index >= 15 is 0 Å². The topological polar surface area (TPSA) is 61.8 Å². The Kier molecular flexibility index (Phi) is 7.66. The van der Waals surface area contributed by atoms with Crippen LogP contribution < -0.4 is 5.32 Å². The summed E-state index contributed by atoms with van der Waals surface area (Å²) in [5, 5.41) is 12.9. The summed E-state index contributed by atoms with van der Waals surface area (Å²) in [6.07, 6.45) is 8.26. The van der Waals surface area contributed by atoms with Crippen LogP contribution in [0, 0.1) is 11.3 Å². The van der Waals surface area contributed by atoms with E-state index in [-0.39, 0.29) is 17.9 Å². The molecule has 154 valence electrons. The number of aliphatic hydroxyl groups is 1. The van der Waals surface area contributed by atoms with Gasteiger partial charge in [-0.3, -0.25) is 9.69 Å². The number of hydrogen-bond acceptors (Lipinski definition) is 4. The van der Waals surface area contributed by atoms with Gasteiger partial charge in [0.15, 0.2) is 0 Å². The molecule has 0 unspecified atom stereocenters. The highest BCUT2D eigenvalue weighted by molar-refractivity contribution is 5.86. The molecular formula is C22H38N2O3. The number of carbonyl (C=O) groups excluding carboxylic acids is 1. The molecule has 1 amide bonds. The van der Waals surface area contributed by atoms with Gasteiger partial charge in [-0.2, -0.15) is 0 Å². The summed E-state index contributed by atoms with van der Waals surface area (Å²) in [5.41, 5.74) is 0.906. The highest BCUT2D eigenvalue weighted by Crippen LogP contribution is 2.43. The van der Waals surface area contributed by atoms with E-state index in [1.165, 1.54) is 0 Å². The highest BCUT2D eigenvalue weighted by Gasteiger charge is 2.36. The average Bonchev–Trinajstić information content (AvgIpc) is 3.12. The molecule has 1 aliphatic carbocycles. The van der Waals surface area contributed by atoms with E-state index in [9.17, 15) is 9.90 Å². The summed E-state index contributed by atoms with van der Waals surface area (Å²) >= 11 is 0. The van der Waals surface area contributed by atoms with Gasteiger partial charge in [0.25, 0.3) is 0 Å². The smallest absolute Gasteiger partial charge is 0.244 e. The van der Waals surface area contributed by atoms with Crippen molar-refractivity contribution in [3.05, 3.63) is 23.9 Å². The van der Waals surface area contributed by atoms with Crippen LogP contribution in [-0.4, -0.2) is 54.9 Å². The molecule has 1 saturated carbocycles. The normalized spacial score (nSPS) is 21.5. The third kappa shape index (κ3) is 5.43. The first-order valence-corrected chi connectivity index (χ1v) is 10.3. The summed E-state index contributed by atoms with van der Waals surface area (Å²) < 4.78 is 5.43. The molecule has 1 aliphatic heterocycles. The number of amides is 1. The molecule has 5 heteroatoms. The standard InChI is InChI=1S/C22H38N2O3/c1-17(22(16-25)10-6-7-11-22)14-18(2)23-20(26)21(3,4)24(5)15-19-8-12-27-13-9-19/h14,19,25H,1,6-13,15-16H2,2-5H3,(H,23,26)/b18-14+. The van der Waals surface area contributed by atoms with Gasteiger partial charge in [-0.25, -0.2) is 0 Å². The lowest BCUT2D eigenvalue weighted by Crippen LogP contribution is -2.54. The second kappa shape index (κ2) is 9.35. The van der Waals surface area contributed by atoms with Gasteiger partial charge in [0, 0.05) is 30.9 Å². The molecule has 1 saturated heterocycles. The van der Waals surface area contributed by atoms with Crippen LogP contribution in [0.3, 0.4) is 0 Å². The summed E-state index contributed by atoms with van der Waals surface area (Å²) in [5.74, 6) is 0.571. The summed E-state index contributed by atoms with van der Waals surface area (Å²) in [6, 6.07) is 0. The molecule has 0 aromatic carbocycles. The van der Waals surface area contributed by atoms with Crippen molar-refractivity contribution in [2.45, 2.75) is 64.8 Å². The van der Waals surface area contributed by atoms with E-state index in [4.69, 9.17) is 4.74 Å². The molecule has 0 aromatic heterocycles. The second-order valence-electron chi connectivity index (χ2n) is 8.95. The lowest BCUT2D eigenvalue weighted by Gasteiger charge is -2.37. The third-order valence-corrected chi connectivity index (χ3v) is 6.63. The number of nitrogens with zero attached hydrogens (tertiary/aromatic N) is 1. The molecular weight excluding hydrogens is 340 g/mol. The fraction of sp³-hybridized carbons (Fsp3) is 0.773. The van der Waals surface area contributed by atoms with Crippen molar-refractivity contribution in [3.63, 3.8) is 0 Å². The molecule has 2 N–H and O–H groups in total. The Hall–Kier alpha value is -1.17. The van der Waals surface area contributed by atoms with Crippen molar-refractivity contribution in [2.24, 2.45) is 11.3 Å². The minimum Gasteiger partial charge on any atom is -0.395 e. The Balaban J connectivity index is 1.95. The zero-order chi connectivity index (χ0) is 20.1. The molecule has 27 heavy (non-hydrogen) atoms. The monoisotopic (exact) mass is 378 g/mol. The Morgan fingerprint density at radius 1 is 1.33 bits per heavy atom. The van der Waals surface area contributed by atoms with Crippen LogP contribution in [0.4, 0.5) is 0 Å². The molecule has 0 aromatic rings. The van der Waals surface area contributed by atoms with E-state index in [0.29, 0.717) is 5.92 Å². The number of rotatable bonds is 8. The van der Waals surface area contributed by atoms with Crippen LogP contribution in [0.1, 0.15) is 59.3 Å². The van der Waals surface area contributed by atoms with Gasteiger partial charge in [-0.05, 0) is 71.1 Å². The maximum Gasteiger partial charge on any atom is 0.244 e. The lowest BCUT2D eigenvalue weighted by molar-refractivity contribution is -0.130. The number of hydrogen-bond donors (Lipinski definition) is 2. The van der Waals surface area contributed by atoms with Crippen LogP contribution in [0.25, 0.3) is 0 Å². The quantitative estimate of drug-likeness (QED) is 0.637. The molecule has 0 spiro atoms. The van der Waals surface area contributed by atoms with Gasteiger partial charge < -0.3 is 15.2 Å². The molecule has 2 fully saturated rings. The fourth-order valence-corrected chi connectivity index (χ4v) is 4.13. The van der Waals surface area contributed by atoms with E-state index < -0.39 is 5.54 Å². The number of likely N-dealkylation sites (N-methyl/N-ethyl adjacent to an activating group) is 1. The Bertz CT molecular complexity index is 556. The van der Waals surface area contributed by atoms with Crippen molar-refractivity contribution >= 4 is 5.91 Å². The van der Waals surface area contributed by atoms with Gasteiger partial charge in [-0.15, -0.1) is 0 Å². The molecule has 0 atom stereocenters. The zero-order valence-corrected chi connectivity index (χ0v) is 17.6. The number of aliphatic hydroxyl groups excluding tert-OH is 1. The van der Waals surface area contributed by atoms with Gasteiger partial charge in [-0.1, -0.05) is 19.4 Å². The largest absolute Gasteiger partial charge is 0.395 e. The molecule has 0 bridgehead atoms. The minimum atomic E-state index is -0.600. The maximum atomic E-state index is 12.9. The molecule has 2 rings (SSSR count). The van der Waals surface area contributed by atoms with Crippen molar-refractivity contribution < 1.29 is 14.6 Å². The number of nitrogens with one attached hydrogen (secondary N) is 1. The van der Waals surface area contributed by atoms with Crippen LogP contribution >= 0.6 is 0 Å². The first-order chi connectivity index (χ1) is 12.7. The zero-order valence-electron chi connectivity index (χ0n) is 17.6. The Morgan fingerprint density at radius 2 is 1.93 bits per heavy atom. The van der Waals surface area contributed by atoms with Gasteiger partial charge in [0.2, 0.25) is 5.91 Å². The van der Waals surface area contributed by atoms with E-state index in [1.54, 1.807) is 0 Å². The van der Waals surface area contributed by atoms with Crippen molar-refractivity contribution in [3.8, 4) is 0 Å². The molecule has 2 aliphatic rings. The third-order valence-electron chi connectivity index (χ3n) is 6.63. The van der Waals surface area contributed by atoms with E-state index in [0.717, 1.165) is 69.6 Å². The summed E-state index contributed by atoms with van der Waals surface area (Å²) in [4.78, 5) is 15.1. The molecule has 0 radical (unpaired) electrons. The van der Waals surface area contributed by atoms with Crippen molar-refractivity contribution in [2.75, 3.05) is 33.4 Å². The molecule has 1 heterocycles. The minimum absolute atomic E-state index is 0.0110. The SMILES string of the molecule is C=C(/C=C(\C)NC(=O)C(C)(C)N(C)CC1CCOCC1)C1(CO)CCCC1. The van der Waals surface area contributed by atoms with Crippen molar-refractivity contribution in [1.29, 1.82) is 0 Å². The Labute approximate surface area is 164 Å². The number of ether oxygens (including phenoxy) is 1. The predicted molar refractivity (Wildman–Crippen MR) is 109 cm³/mol. The first-order valence-electron chi connectivity index (χ1n) is 10.3. The van der Waals surface area contributed by atoms with Crippen LogP contribution in [0.15, 0.2) is 23.9 Å². The van der Waals surface area contributed by atoms with Gasteiger partial charge in [0.05, 0.1) is 12.1 Å². The summed E-state index contributed by atoms with van der Waals surface area (Å²) in [6.45, 7) is 12.7. The molecule has 5 nitrogen and oxygen atoms in total. The van der Waals surface area contributed by atoms with E-state index in [1.807, 2.05) is 33.9 Å². The Morgan fingerprint density at radius 3 is 2.48 bits per heavy atom. The average molecular weight is 379 g/mol. The predicted octanol–water partition coefficient (Wildman–Crippen LogP) is 3.25. The number of allylic oxidation sites excluding steroid dienone is 2. The van der Waals surface area contributed by atoms with Crippen molar-refractivity contribution in [1.82, 2.24) is 10.2 Å². The van der Waals surface area contributed by atoms with Gasteiger partial charge >= 0.3 is 0 Å². The van der Waals surface area contributed by atoms with E-state index in [2.05, 4.69) is 16.8 Å².